The van der Waals surface area contributed by atoms with Crippen LogP contribution in [0.1, 0.15) is 35.2 Å². The Balaban J connectivity index is 1.79. The summed E-state index contributed by atoms with van der Waals surface area (Å²) in [6.45, 7) is 2.72. The Morgan fingerprint density at radius 3 is 1.94 bits per heavy atom. The molecule has 5 rings (SSSR count). The van der Waals surface area contributed by atoms with E-state index in [9.17, 15) is 4.79 Å². The molecule has 0 fully saturated rings. The first kappa shape index (κ1) is 22.6. The number of aliphatic imine (C=N–C) groups is 1. The Kier molecular flexibility index (Phi) is 6.44. The van der Waals surface area contributed by atoms with E-state index in [0.29, 0.717) is 6.54 Å². The van der Waals surface area contributed by atoms with Crippen molar-refractivity contribution >= 4 is 11.8 Å². The number of hydrogen-bond donors (Lipinski definition) is 0. The summed E-state index contributed by atoms with van der Waals surface area (Å²) < 4.78 is 5.75. The maximum Gasteiger partial charge on any atom is 0.341 e. The number of rotatable bonds is 7. The van der Waals surface area contributed by atoms with E-state index in [4.69, 9.17) is 9.73 Å². The van der Waals surface area contributed by atoms with E-state index in [1.807, 2.05) is 104 Å². The molecule has 4 nitrogen and oxygen atoms in total. The predicted molar refractivity (Wildman–Crippen MR) is 139 cm³/mol. The van der Waals surface area contributed by atoms with Crippen molar-refractivity contribution in [2.45, 2.75) is 25.0 Å². The Labute approximate surface area is 206 Å². The minimum Gasteiger partial charge on any atom is -0.464 e. The van der Waals surface area contributed by atoms with Gasteiger partial charge in [-0.05, 0) is 23.6 Å². The molecule has 1 aliphatic rings. The number of benzene rings is 4. The standard InChI is InChI=1S/C31H28N2O2/c1-2-35-30(34)31(27-21-13-6-14-22-27)28(25-17-9-4-10-18-25)33(23-24-15-7-3-8-16-24)29(32-31)26-19-11-5-12-20-26/h3-22,28H,2,23H2,1H3. The van der Waals surface area contributed by atoms with Gasteiger partial charge in [0.1, 0.15) is 5.84 Å². The Bertz CT molecular complexity index is 1290. The Hall–Kier alpha value is -4.18. The van der Waals surface area contributed by atoms with Gasteiger partial charge in [-0.1, -0.05) is 121 Å². The first-order valence-electron chi connectivity index (χ1n) is 12.0. The largest absolute Gasteiger partial charge is 0.464 e. The van der Waals surface area contributed by atoms with Crippen LogP contribution in [0.4, 0.5) is 0 Å². The fraction of sp³-hybridized carbons (Fsp3) is 0.161. The number of amidine groups is 1. The predicted octanol–water partition coefficient (Wildman–Crippen LogP) is 6.15. The molecule has 4 aromatic carbocycles. The summed E-state index contributed by atoms with van der Waals surface area (Å²) in [6.07, 6.45) is 0. The highest BCUT2D eigenvalue weighted by Crippen LogP contribution is 2.49. The van der Waals surface area contributed by atoms with Crippen LogP contribution in [0.15, 0.2) is 126 Å². The molecule has 0 N–H and O–H groups in total. The number of hydrogen-bond acceptors (Lipinski definition) is 4. The number of nitrogens with zero attached hydrogens (tertiary/aromatic N) is 2. The van der Waals surface area contributed by atoms with Crippen LogP contribution in [0, 0.1) is 0 Å². The quantitative estimate of drug-likeness (QED) is 0.311. The first-order chi connectivity index (χ1) is 17.2. The van der Waals surface area contributed by atoms with E-state index in [1.165, 1.54) is 0 Å². The van der Waals surface area contributed by atoms with Gasteiger partial charge in [0, 0.05) is 12.1 Å². The molecule has 2 atom stereocenters. The second-order valence-corrected chi connectivity index (χ2v) is 8.58. The zero-order valence-electron chi connectivity index (χ0n) is 19.7. The van der Waals surface area contributed by atoms with E-state index >= 15 is 0 Å². The van der Waals surface area contributed by atoms with Gasteiger partial charge in [-0.2, -0.15) is 0 Å². The second kappa shape index (κ2) is 9.98. The molecule has 0 bridgehead atoms. The topological polar surface area (TPSA) is 41.9 Å². The minimum absolute atomic E-state index is 0.282. The first-order valence-corrected chi connectivity index (χ1v) is 12.0. The lowest BCUT2D eigenvalue weighted by Crippen LogP contribution is -2.44. The monoisotopic (exact) mass is 460 g/mol. The van der Waals surface area contributed by atoms with Gasteiger partial charge in [-0.25, -0.2) is 9.79 Å². The summed E-state index contributed by atoms with van der Waals surface area (Å²) >= 11 is 0. The average molecular weight is 461 g/mol. The maximum absolute atomic E-state index is 14.0. The SMILES string of the molecule is CCOC(=O)C1(c2ccccc2)N=C(c2ccccc2)N(Cc2ccccc2)C1c1ccccc1. The van der Waals surface area contributed by atoms with Crippen molar-refractivity contribution in [1.29, 1.82) is 0 Å². The van der Waals surface area contributed by atoms with Gasteiger partial charge in [0.15, 0.2) is 0 Å². The number of ether oxygens (including phenoxy) is 1. The minimum atomic E-state index is -1.25. The molecule has 0 amide bonds. The van der Waals surface area contributed by atoms with Crippen molar-refractivity contribution in [3.63, 3.8) is 0 Å². The van der Waals surface area contributed by atoms with Gasteiger partial charge >= 0.3 is 5.97 Å². The van der Waals surface area contributed by atoms with Crippen LogP contribution in [-0.2, 0) is 21.6 Å². The second-order valence-electron chi connectivity index (χ2n) is 8.58. The molecule has 0 spiro atoms. The third-order valence-corrected chi connectivity index (χ3v) is 6.41. The summed E-state index contributed by atoms with van der Waals surface area (Å²) in [7, 11) is 0. The molecule has 0 aromatic heterocycles. The average Bonchev–Trinajstić information content (AvgIpc) is 3.27. The van der Waals surface area contributed by atoms with Crippen molar-refractivity contribution in [3.8, 4) is 0 Å². The molecule has 0 saturated carbocycles. The maximum atomic E-state index is 14.0. The number of carbonyl (C=O) groups is 1. The zero-order valence-corrected chi connectivity index (χ0v) is 19.7. The van der Waals surface area contributed by atoms with Crippen molar-refractivity contribution in [2.75, 3.05) is 6.61 Å². The van der Waals surface area contributed by atoms with Crippen LogP contribution in [0.5, 0.6) is 0 Å². The molecule has 1 aliphatic heterocycles. The van der Waals surface area contributed by atoms with E-state index < -0.39 is 5.54 Å². The molecular weight excluding hydrogens is 432 g/mol. The fourth-order valence-corrected chi connectivity index (χ4v) is 4.89. The highest BCUT2D eigenvalue weighted by Gasteiger charge is 2.57. The Morgan fingerprint density at radius 1 is 0.800 bits per heavy atom. The lowest BCUT2D eigenvalue weighted by atomic mass is 9.79. The van der Waals surface area contributed by atoms with Crippen molar-refractivity contribution < 1.29 is 9.53 Å². The Morgan fingerprint density at radius 2 is 1.34 bits per heavy atom. The summed E-state index contributed by atoms with van der Waals surface area (Å²) in [4.78, 5) is 21.5. The zero-order chi connectivity index (χ0) is 24.1. The lowest BCUT2D eigenvalue weighted by molar-refractivity contribution is -0.151. The normalized spacial score (nSPS) is 19.3. The van der Waals surface area contributed by atoms with Gasteiger partial charge in [-0.3, -0.25) is 0 Å². The highest BCUT2D eigenvalue weighted by atomic mass is 16.5. The number of carbonyl (C=O) groups excluding carboxylic acids is 1. The van der Waals surface area contributed by atoms with Crippen LogP contribution in [0.25, 0.3) is 0 Å². The summed E-state index contributed by atoms with van der Waals surface area (Å²) in [5, 5.41) is 0. The van der Waals surface area contributed by atoms with Gasteiger partial charge in [-0.15, -0.1) is 0 Å². The number of esters is 1. The smallest absolute Gasteiger partial charge is 0.341 e. The molecule has 0 aliphatic carbocycles. The third-order valence-electron chi connectivity index (χ3n) is 6.41. The molecule has 1 heterocycles. The molecule has 0 saturated heterocycles. The molecule has 4 heteroatoms. The molecule has 35 heavy (non-hydrogen) atoms. The van der Waals surface area contributed by atoms with Crippen LogP contribution in [-0.4, -0.2) is 23.3 Å². The summed E-state index contributed by atoms with van der Waals surface area (Å²) in [6, 6.07) is 40.0. The third kappa shape index (κ3) is 4.24. The van der Waals surface area contributed by atoms with E-state index in [1.54, 1.807) is 0 Å². The van der Waals surface area contributed by atoms with Crippen molar-refractivity contribution in [1.82, 2.24) is 4.90 Å². The lowest BCUT2D eigenvalue weighted by Gasteiger charge is -2.37. The molecular formula is C31H28N2O2. The van der Waals surface area contributed by atoms with Gasteiger partial charge in [0.2, 0.25) is 5.54 Å². The summed E-state index contributed by atoms with van der Waals surface area (Å²) in [5.74, 6) is 0.434. The van der Waals surface area contributed by atoms with Crippen molar-refractivity contribution in [3.05, 3.63) is 144 Å². The molecule has 0 radical (unpaired) electrons. The molecule has 174 valence electrons. The fourth-order valence-electron chi connectivity index (χ4n) is 4.89. The van der Waals surface area contributed by atoms with Crippen LogP contribution >= 0.6 is 0 Å². The summed E-state index contributed by atoms with van der Waals surface area (Å²) in [5.41, 5.74) is 2.68. The van der Waals surface area contributed by atoms with Crippen molar-refractivity contribution in [2.24, 2.45) is 4.99 Å². The van der Waals surface area contributed by atoms with Gasteiger partial charge in [0.05, 0.1) is 12.6 Å². The van der Waals surface area contributed by atoms with Crippen LogP contribution in [0.2, 0.25) is 0 Å². The van der Waals surface area contributed by atoms with Crippen LogP contribution in [0.3, 0.4) is 0 Å². The molecule has 4 aromatic rings. The molecule has 2 unspecified atom stereocenters. The van der Waals surface area contributed by atoms with E-state index in [2.05, 4.69) is 29.2 Å². The van der Waals surface area contributed by atoms with E-state index in [0.717, 1.165) is 28.1 Å². The van der Waals surface area contributed by atoms with Gasteiger partial charge in [0.25, 0.3) is 0 Å². The van der Waals surface area contributed by atoms with Crippen LogP contribution < -0.4 is 0 Å². The van der Waals surface area contributed by atoms with E-state index in [-0.39, 0.29) is 18.6 Å². The highest BCUT2D eigenvalue weighted by molar-refractivity contribution is 6.04. The van der Waals surface area contributed by atoms with Gasteiger partial charge < -0.3 is 9.64 Å².